The Kier molecular flexibility index (Phi) is 7.57. The molecule has 214 valence electrons. The highest BCUT2D eigenvalue weighted by atomic mass is 32.2. The van der Waals surface area contributed by atoms with Gasteiger partial charge in [0, 0.05) is 32.3 Å². The van der Waals surface area contributed by atoms with Crippen LogP contribution >= 0.6 is 11.3 Å². The minimum Gasteiger partial charge on any atom is -0.325 e. The molecule has 2 N–H and O–H groups in total. The monoisotopic (exact) mass is 604 g/mol. The lowest BCUT2D eigenvalue weighted by Gasteiger charge is -2.26. The van der Waals surface area contributed by atoms with E-state index in [1.165, 1.54) is 30.6 Å². The number of anilines is 2. The maximum absolute atomic E-state index is 15.3. The highest BCUT2D eigenvalue weighted by Gasteiger charge is 2.34. The molecule has 2 aromatic heterocycles. The molecular weight excluding hydrogens is 581 g/mol. The molecule has 0 radical (unpaired) electrons. The van der Waals surface area contributed by atoms with E-state index < -0.39 is 52.1 Å². The Morgan fingerprint density at radius 2 is 1.88 bits per heavy atom. The van der Waals surface area contributed by atoms with Crippen molar-refractivity contribution in [1.82, 2.24) is 20.0 Å². The smallest absolute Gasteiger partial charge is 0.325 e. The van der Waals surface area contributed by atoms with E-state index in [-0.39, 0.29) is 29.1 Å². The fraction of sp³-hybridized carbons (Fsp3) is 0.231. The molecule has 0 bridgehead atoms. The number of urea groups is 1. The van der Waals surface area contributed by atoms with Crippen molar-refractivity contribution in [3.05, 3.63) is 82.2 Å². The Hall–Kier alpha value is -4.24. The molecule has 1 atom stereocenters. The lowest BCUT2D eigenvalue weighted by atomic mass is 10.0. The van der Waals surface area contributed by atoms with Crippen LogP contribution in [0.25, 0.3) is 10.2 Å². The molecule has 2 aromatic carbocycles. The van der Waals surface area contributed by atoms with Crippen LogP contribution in [0.5, 0.6) is 0 Å². The van der Waals surface area contributed by atoms with Crippen LogP contribution in [-0.2, 0) is 27.8 Å². The third-order valence-electron chi connectivity index (χ3n) is 6.44. The van der Waals surface area contributed by atoms with E-state index in [2.05, 4.69) is 15.3 Å². The zero-order valence-electron chi connectivity index (χ0n) is 21.7. The molecule has 0 aliphatic carbocycles. The first-order valence-electron chi connectivity index (χ1n) is 12.3. The van der Waals surface area contributed by atoms with Crippen molar-refractivity contribution in [3.63, 3.8) is 0 Å². The molecule has 5 rings (SSSR count). The van der Waals surface area contributed by atoms with Crippen molar-refractivity contribution in [1.29, 1.82) is 0 Å². The second-order valence-corrected chi connectivity index (χ2v) is 12.1. The highest BCUT2D eigenvalue weighted by Crippen LogP contribution is 2.31. The van der Waals surface area contributed by atoms with E-state index in [1.54, 1.807) is 25.1 Å². The molecule has 41 heavy (non-hydrogen) atoms. The third-order valence-corrected chi connectivity index (χ3v) is 8.76. The lowest BCUT2D eigenvalue weighted by molar-refractivity contribution is -0.120. The molecular formula is C26H23F3N6O4S2. The van der Waals surface area contributed by atoms with Crippen molar-refractivity contribution < 1.29 is 31.2 Å². The van der Waals surface area contributed by atoms with Gasteiger partial charge in [-0.25, -0.2) is 37.0 Å². The number of likely N-dealkylation sites (N-methyl/N-ethyl adjacent to an activating group) is 1. The Balaban J connectivity index is 1.41. The molecule has 3 heterocycles. The van der Waals surface area contributed by atoms with Crippen molar-refractivity contribution in [3.8, 4) is 0 Å². The number of thiazole rings is 1. The van der Waals surface area contributed by atoms with Gasteiger partial charge in [-0.2, -0.15) is 8.42 Å². The fourth-order valence-corrected chi connectivity index (χ4v) is 6.56. The van der Waals surface area contributed by atoms with Crippen molar-refractivity contribution in [2.75, 3.05) is 22.8 Å². The van der Waals surface area contributed by atoms with Gasteiger partial charge in [-0.05, 0) is 54.8 Å². The number of hydrogen-bond acceptors (Lipinski definition) is 7. The number of aromatic nitrogens is 2. The molecule has 3 amide bonds. The van der Waals surface area contributed by atoms with Gasteiger partial charge in [0.2, 0.25) is 5.91 Å². The molecule has 0 unspecified atom stereocenters. The summed E-state index contributed by atoms with van der Waals surface area (Å²) in [5.74, 6) is -3.31. The van der Waals surface area contributed by atoms with Gasteiger partial charge in [-0.1, -0.05) is 6.07 Å². The maximum Gasteiger partial charge on any atom is 0.330 e. The molecule has 0 fully saturated rings. The Labute approximate surface area is 237 Å². The topological polar surface area (TPSA) is 125 Å². The number of aryl methyl sites for hydroxylation is 1. The minimum atomic E-state index is -4.43. The molecule has 10 nitrogen and oxygen atoms in total. The van der Waals surface area contributed by atoms with Crippen LogP contribution in [0.15, 0.2) is 48.7 Å². The summed E-state index contributed by atoms with van der Waals surface area (Å²) in [4.78, 5) is 35.6. The van der Waals surface area contributed by atoms with Crippen LogP contribution < -0.4 is 19.2 Å². The number of carbonyl (C=O) groups is 2. The Bertz CT molecular complexity index is 1760. The van der Waals surface area contributed by atoms with Crippen LogP contribution in [-0.4, -0.2) is 50.0 Å². The average Bonchev–Trinajstić information content (AvgIpc) is 3.51. The number of benzene rings is 2. The number of fused-ring (bicyclic) bond motifs is 2. The number of halogens is 3. The standard InChI is InChI=1S/C26H23F3N6O4S2/c1-14-31-23-21(40-14)6-5-20(22(23)29)34(2)25(36)19(12-15-10-17(27)13-18(28)11-15)32-26(37)33-41(38,39)35-9-7-16-4-3-8-30-24(16)35/h3-6,8,10-11,13,19H,7,9,12H2,1-2H3,(H2,32,33,37)/t19-/m0/s1. The van der Waals surface area contributed by atoms with E-state index in [0.717, 1.165) is 21.3 Å². The zero-order valence-corrected chi connectivity index (χ0v) is 23.3. The number of rotatable bonds is 7. The first-order valence-corrected chi connectivity index (χ1v) is 14.5. The zero-order chi connectivity index (χ0) is 29.5. The van der Waals surface area contributed by atoms with Gasteiger partial charge in [-0.15, -0.1) is 11.3 Å². The van der Waals surface area contributed by atoms with E-state index in [4.69, 9.17) is 0 Å². The van der Waals surface area contributed by atoms with E-state index in [0.29, 0.717) is 27.8 Å². The summed E-state index contributed by atoms with van der Waals surface area (Å²) in [6.45, 7) is 1.75. The second-order valence-electron chi connectivity index (χ2n) is 9.30. The number of amides is 3. The minimum absolute atomic E-state index is 0.00104. The van der Waals surface area contributed by atoms with Crippen LogP contribution in [0.1, 0.15) is 16.1 Å². The molecule has 0 saturated heterocycles. The Morgan fingerprint density at radius 3 is 2.61 bits per heavy atom. The Morgan fingerprint density at radius 1 is 1.15 bits per heavy atom. The van der Waals surface area contributed by atoms with Crippen LogP contribution in [0.4, 0.5) is 29.5 Å². The molecule has 1 aliphatic heterocycles. The highest BCUT2D eigenvalue weighted by molar-refractivity contribution is 7.91. The van der Waals surface area contributed by atoms with E-state index >= 15 is 4.39 Å². The number of hydrogen-bond donors (Lipinski definition) is 2. The first kappa shape index (κ1) is 28.3. The van der Waals surface area contributed by atoms with Gasteiger partial charge in [0.15, 0.2) is 5.82 Å². The predicted molar refractivity (Wildman–Crippen MR) is 147 cm³/mol. The quantitative estimate of drug-likeness (QED) is 0.332. The molecule has 0 spiro atoms. The fourth-order valence-electron chi connectivity index (χ4n) is 4.61. The van der Waals surface area contributed by atoms with Crippen molar-refractivity contribution in [2.45, 2.75) is 25.8 Å². The SMILES string of the molecule is Cc1nc2c(F)c(N(C)C(=O)[C@H](Cc3cc(F)cc(F)c3)NC(=O)NS(=O)(=O)N3CCc4cccnc43)ccc2s1. The van der Waals surface area contributed by atoms with Gasteiger partial charge in [0.25, 0.3) is 0 Å². The number of nitrogens with one attached hydrogen (secondary N) is 2. The molecule has 0 saturated carbocycles. The summed E-state index contributed by atoms with van der Waals surface area (Å²) in [6, 6.07) is 6.09. The second kappa shape index (κ2) is 11.0. The van der Waals surface area contributed by atoms with Gasteiger partial charge >= 0.3 is 16.2 Å². The predicted octanol–water partition coefficient (Wildman–Crippen LogP) is 3.60. The third kappa shape index (κ3) is 5.81. The number of carbonyl (C=O) groups excluding carboxylic acids is 2. The van der Waals surface area contributed by atoms with Crippen molar-refractivity contribution >= 4 is 55.2 Å². The summed E-state index contributed by atoms with van der Waals surface area (Å²) in [5, 5.41) is 2.89. The van der Waals surface area contributed by atoms with Crippen LogP contribution in [0, 0.1) is 24.4 Å². The van der Waals surface area contributed by atoms with Gasteiger partial charge in [0.05, 0.1) is 15.4 Å². The maximum atomic E-state index is 15.3. The summed E-state index contributed by atoms with van der Waals surface area (Å²) >= 11 is 1.27. The van der Waals surface area contributed by atoms with Gasteiger partial charge in [0.1, 0.15) is 29.0 Å². The van der Waals surface area contributed by atoms with Crippen LogP contribution in [0.3, 0.4) is 0 Å². The summed E-state index contributed by atoms with van der Waals surface area (Å²) in [5.41, 5.74) is 0.582. The van der Waals surface area contributed by atoms with Crippen LogP contribution in [0.2, 0.25) is 0 Å². The molecule has 15 heteroatoms. The normalized spacial score (nSPS) is 13.6. The summed E-state index contributed by atoms with van der Waals surface area (Å²) < 4.78 is 72.5. The summed E-state index contributed by atoms with van der Waals surface area (Å²) in [7, 11) is -3.18. The van der Waals surface area contributed by atoms with Gasteiger partial charge in [-0.3, -0.25) is 4.79 Å². The summed E-state index contributed by atoms with van der Waals surface area (Å²) in [6.07, 6.45) is 1.37. The van der Waals surface area contributed by atoms with Gasteiger partial charge < -0.3 is 10.2 Å². The first-order chi connectivity index (χ1) is 19.4. The lowest BCUT2D eigenvalue weighted by Crippen LogP contribution is -2.54. The largest absolute Gasteiger partial charge is 0.330 e. The molecule has 4 aromatic rings. The average molecular weight is 605 g/mol. The molecule has 1 aliphatic rings. The number of pyridine rings is 1. The van der Waals surface area contributed by atoms with Crippen molar-refractivity contribution in [2.24, 2.45) is 0 Å². The van der Waals surface area contributed by atoms with E-state index in [1.807, 2.05) is 4.72 Å². The van der Waals surface area contributed by atoms with E-state index in [9.17, 15) is 26.8 Å². The number of nitrogens with zero attached hydrogens (tertiary/aromatic N) is 4.